The normalized spacial score (nSPS) is 17.5. The van der Waals surface area contributed by atoms with Crippen LogP contribution < -0.4 is 21.1 Å². The largest absolute Gasteiger partial charge is 0.489 e. The summed E-state index contributed by atoms with van der Waals surface area (Å²) in [5.74, 6) is 1.40. The quantitative estimate of drug-likeness (QED) is 0.474. The second kappa shape index (κ2) is 10.7. The minimum absolute atomic E-state index is 0.0772. The highest BCUT2D eigenvalue weighted by molar-refractivity contribution is 5.80. The number of nitrogens with two attached hydrogens (primary N) is 1. The first-order valence-electron chi connectivity index (χ1n) is 9.30. The lowest BCUT2D eigenvalue weighted by atomic mass is 10.1. The summed E-state index contributed by atoms with van der Waals surface area (Å²) in [6.45, 7) is 4.87. The van der Waals surface area contributed by atoms with E-state index in [0.717, 1.165) is 44.1 Å². The van der Waals surface area contributed by atoms with Gasteiger partial charge in [-0.3, -0.25) is 14.7 Å². The molecule has 1 amide bonds. The second-order valence-electron chi connectivity index (χ2n) is 6.58. The Bertz CT molecular complexity index is 571. The number of rotatable bonds is 8. The summed E-state index contributed by atoms with van der Waals surface area (Å²) in [7, 11) is 1.77. The van der Waals surface area contributed by atoms with Crippen LogP contribution in [0.3, 0.4) is 0 Å². The van der Waals surface area contributed by atoms with Gasteiger partial charge in [0.2, 0.25) is 5.91 Å². The Morgan fingerprint density at radius 1 is 1.35 bits per heavy atom. The van der Waals surface area contributed by atoms with Crippen LogP contribution >= 0.6 is 0 Å². The predicted molar refractivity (Wildman–Crippen MR) is 104 cm³/mol. The molecule has 4 N–H and O–H groups in total. The first kappa shape index (κ1) is 20.0. The van der Waals surface area contributed by atoms with E-state index in [9.17, 15) is 4.79 Å². The number of nitrogens with zero attached hydrogens (tertiary/aromatic N) is 2. The molecule has 1 aromatic carbocycles. The molecule has 0 bridgehead atoms. The molecule has 0 aromatic heterocycles. The van der Waals surface area contributed by atoms with Gasteiger partial charge in [-0.15, -0.1) is 0 Å². The predicted octanol–water partition coefficient (Wildman–Crippen LogP) is 0.959. The van der Waals surface area contributed by atoms with Crippen molar-refractivity contribution >= 4 is 11.9 Å². The van der Waals surface area contributed by atoms with E-state index in [1.54, 1.807) is 7.05 Å². The van der Waals surface area contributed by atoms with Crippen molar-refractivity contribution in [3.8, 4) is 5.75 Å². The minimum atomic E-state index is -0.266. The van der Waals surface area contributed by atoms with Crippen molar-refractivity contribution in [3.05, 3.63) is 30.3 Å². The fourth-order valence-electron chi connectivity index (χ4n) is 3.02. The van der Waals surface area contributed by atoms with Crippen LogP contribution in [0, 0.1) is 0 Å². The van der Waals surface area contributed by atoms with Crippen LogP contribution in [-0.2, 0) is 4.79 Å². The van der Waals surface area contributed by atoms with Gasteiger partial charge in [0.15, 0.2) is 5.96 Å². The number of piperidine rings is 1. The third kappa shape index (κ3) is 6.92. The molecule has 7 heteroatoms. The first-order valence-corrected chi connectivity index (χ1v) is 9.30. The van der Waals surface area contributed by atoms with Gasteiger partial charge in [-0.2, -0.15) is 0 Å². The van der Waals surface area contributed by atoms with Crippen LogP contribution in [-0.4, -0.2) is 62.1 Å². The highest BCUT2D eigenvalue weighted by Gasteiger charge is 2.21. The lowest BCUT2D eigenvalue weighted by Gasteiger charge is -2.32. The van der Waals surface area contributed by atoms with E-state index < -0.39 is 0 Å². The van der Waals surface area contributed by atoms with Crippen LogP contribution in [0.15, 0.2) is 35.3 Å². The lowest BCUT2D eigenvalue weighted by molar-refractivity contribution is -0.119. The molecule has 0 aliphatic carbocycles. The Kier molecular flexibility index (Phi) is 8.21. The van der Waals surface area contributed by atoms with Gasteiger partial charge in [0.25, 0.3) is 0 Å². The zero-order chi connectivity index (χ0) is 18.8. The molecule has 144 valence electrons. The van der Waals surface area contributed by atoms with Crippen molar-refractivity contribution in [3.63, 3.8) is 0 Å². The Balaban J connectivity index is 1.74. The number of hydrogen-bond donors (Lipinski definition) is 3. The summed E-state index contributed by atoms with van der Waals surface area (Å²) in [6, 6.07) is 10.2. The number of para-hydroxylation sites is 1. The van der Waals surface area contributed by atoms with Crippen LogP contribution in [0.2, 0.25) is 0 Å². The average Bonchev–Trinajstić information content (AvgIpc) is 2.65. The molecule has 1 heterocycles. The highest BCUT2D eigenvalue weighted by Crippen LogP contribution is 2.12. The number of carbonyl (C=O) groups is 1. The molecule has 1 aliphatic heterocycles. The number of benzene rings is 1. The monoisotopic (exact) mass is 361 g/mol. The zero-order valence-electron chi connectivity index (χ0n) is 15.8. The molecule has 1 aliphatic rings. The maximum Gasteiger partial charge on any atom is 0.231 e. The van der Waals surface area contributed by atoms with E-state index in [0.29, 0.717) is 19.1 Å². The molecule has 0 saturated carbocycles. The average molecular weight is 361 g/mol. The summed E-state index contributed by atoms with van der Waals surface area (Å²) in [6.07, 6.45) is 2.91. The number of nitrogens with one attached hydrogen (secondary N) is 2. The fourth-order valence-corrected chi connectivity index (χ4v) is 3.02. The summed E-state index contributed by atoms with van der Waals surface area (Å²) < 4.78 is 6.00. The molecule has 1 atom stereocenters. The van der Waals surface area contributed by atoms with Gasteiger partial charge in [0, 0.05) is 26.2 Å². The van der Waals surface area contributed by atoms with Gasteiger partial charge < -0.3 is 21.1 Å². The molecule has 1 saturated heterocycles. The molecule has 1 fully saturated rings. The summed E-state index contributed by atoms with van der Waals surface area (Å²) in [5.41, 5.74) is 5.26. The van der Waals surface area contributed by atoms with Gasteiger partial charge >= 0.3 is 0 Å². The highest BCUT2D eigenvalue weighted by atomic mass is 16.5. The number of ether oxygens (including phenoxy) is 1. The standard InChI is InChI=1S/C19H31N5O2/c1-3-16(26-17-7-5-4-6-8-17)13-22-19(21-2)23-15-9-11-24(12-10-15)14-18(20)25/h4-8,15-16H,3,9-14H2,1-2H3,(H2,20,25)(H2,21,22,23). The van der Waals surface area contributed by atoms with E-state index in [2.05, 4.69) is 27.4 Å². The molecule has 7 nitrogen and oxygen atoms in total. The Morgan fingerprint density at radius 3 is 2.62 bits per heavy atom. The van der Waals surface area contributed by atoms with Crippen LogP contribution in [0.25, 0.3) is 0 Å². The topological polar surface area (TPSA) is 92.0 Å². The number of guanidine groups is 1. The molecular weight excluding hydrogens is 330 g/mol. The van der Waals surface area contributed by atoms with E-state index >= 15 is 0 Å². The Hall–Kier alpha value is -2.28. The van der Waals surface area contributed by atoms with Crippen LogP contribution in [0.5, 0.6) is 5.75 Å². The third-order valence-electron chi connectivity index (χ3n) is 4.53. The van der Waals surface area contributed by atoms with Crippen molar-refractivity contribution in [1.29, 1.82) is 0 Å². The summed E-state index contributed by atoms with van der Waals surface area (Å²) >= 11 is 0. The number of primary amides is 1. The van der Waals surface area contributed by atoms with Crippen molar-refractivity contribution in [2.45, 2.75) is 38.3 Å². The summed E-state index contributed by atoms with van der Waals surface area (Å²) in [5, 5.41) is 6.82. The van der Waals surface area contributed by atoms with Crippen molar-refractivity contribution in [2.75, 3.05) is 33.2 Å². The van der Waals surface area contributed by atoms with Gasteiger partial charge in [0.05, 0.1) is 13.1 Å². The van der Waals surface area contributed by atoms with Gasteiger partial charge in [-0.1, -0.05) is 25.1 Å². The molecule has 1 aromatic rings. The smallest absolute Gasteiger partial charge is 0.231 e. The second-order valence-corrected chi connectivity index (χ2v) is 6.58. The fraction of sp³-hybridized carbons (Fsp3) is 0.579. The minimum Gasteiger partial charge on any atom is -0.489 e. The van der Waals surface area contributed by atoms with Crippen LogP contribution in [0.1, 0.15) is 26.2 Å². The molecule has 0 radical (unpaired) electrons. The van der Waals surface area contributed by atoms with E-state index in [1.807, 2.05) is 30.3 Å². The number of likely N-dealkylation sites (tertiary alicyclic amines) is 1. The molecule has 1 unspecified atom stereocenters. The molecular formula is C19H31N5O2. The zero-order valence-corrected chi connectivity index (χ0v) is 15.8. The van der Waals surface area contributed by atoms with Gasteiger partial charge in [0.1, 0.15) is 11.9 Å². The van der Waals surface area contributed by atoms with Crippen molar-refractivity contribution in [2.24, 2.45) is 10.7 Å². The maximum atomic E-state index is 11.0. The van der Waals surface area contributed by atoms with Crippen molar-refractivity contribution < 1.29 is 9.53 Å². The van der Waals surface area contributed by atoms with Crippen LogP contribution in [0.4, 0.5) is 0 Å². The number of hydrogen-bond acceptors (Lipinski definition) is 4. The number of carbonyl (C=O) groups excluding carboxylic acids is 1. The van der Waals surface area contributed by atoms with E-state index in [-0.39, 0.29) is 12.0 Å². The van der Waals surface area contributed by atoms with Gasteiger partial charge in [-0.05, 0) is 31.4 Å². The Labute approximate surface area is 156 Å². The maximum absolute atomic E-state index is 11.0. The number of aliphatic imine (C=N–C) groups is 1. The lowest BCUT2D eigenvalue weighted by Crippen LogP contribution is -2.51. The van der Waals surface area contributed by atoms with E-state index in [1.165, 1.54) is 0 Å². The molecule has 0 spiro atoms. The number of amides is 1. The third-order valence-corrected chi connectivity index (χ3v) is 4.53. The molecule has 2 rings (SSSR count). The van der Waals surface area contributed by atoms with E-state index in [4.69, 9.17) is 10.5 Å². The van der Waals surface area contributed by atoms with Gasteiger partial charge in [-0.25, -0.2) is 0 Å². The summed E-state index contributed by atoms with van der Waals surface area (Å²) in [4.78, 5) is 17.4. The molecule has 26 heavy (non-hydrogen) atoms. The van der Waals surface area contributed by atoms with Crippen molar-refractivity contribution in [1.82, 2.24) is 15.5 Å². The SMILES string of the molecule is CCC(CNC(=NC)NC1CCN(CC(N)=O)CC1)Oc1ccccc1. The first-order chi connectivity index (χ1) is 12.6. The Morgan fingerprint density at radius 2 is 2.04 bits per heavy atom.